The molecule has 0 bridgehead atoms. The van der Waals surface area contributed by atoms with Crippen LogP contribution in [0.25, 0.3) is 0 Å². The van der Waals surface area contributed by atoms with E-state index in [0.717, 1.165) is 11.3 Å². The summed E-state index contributed by atoms with van der Waals surface area (Å²) in [4.78, 5) is 24.2. The van der Waals surface area contributed by atoms with Crippen LogP contribution in [0.2, 0.25) is 0 Å². The second kappa shape index (κ2) is 10.2. The van der Waals surface area contributed by atoms with E-state index in [0.29, 0.717) is 17.2 Å². The molecule has 2 N–H and O–H groups in total. The Bertz CT molecular complexity index is 1110. The van der Waals surface area contributed by atoms with Crippen molar-refractivity contribution >= 4 is 38.9 Å². The number of ether oxygens (including phenoxy) is 2. The molecule has 0 unspecified atom stereocenters. The van der Waals surface area contributed by atoms with Gasteiger partial charge in [0.05, 0.1) is 0 Å². The number of carbonyl (C=O) groups excluding carboxylic acids is 2. The van der Waals surface area contributed by atoms with Crippen molar-refractivity contribution < 1.29 is 27.5 Å². The minimum atomic E-state index is -3.79. The van der Waals surface area contributed by atoms with Crippen molar-refractivity contribution in [2.75, 3.05) is 11.9 Å². The monoisotopic (exact) mass is 460 g/mol. The van der Waals surface area contributed by atoms with Crippen LogP contribution in [-0.2, 0) is 24.3 Å². The fourth-order valence-corrected chi connectivity index (χ4v) is 4.42. The number of esters is 1. The number of sulfonamides is 1. The highest BCUT2D eigenvalue weighted by atomic mass is 32.2. The Morgan fingerprint density at radius 3 is 2.29 bits per heavy atom. The molecule has 0 aliphatic heterocycles. The van der Waals surface area contributed by atoms with E-state index in [-0.39, 0.29) is 4.21 Å². The highest BCUT2D eigenvalue weighted by molar-refractivity contribution is 7.91. The summed E-state index contributed by atoms with van der Waals surface area (Å²) in [5.41, 5.74) is 0.492. The average molecular weight is 461 g/mol. The van der Waals surface area contributed by atoms with E-state index in [2.05, 4.69) is 10.0 Å². The number of anilines is 1. The Hall–Kier alpha value is -3.21. The normalized spacial score (nSPS) is 12.0. The van der Waals surface area contributed by atoms with Gasteiger partial charge in [-0.15, -0.1) is 11.3 Å². The second-order valence-corrected chi connectivity index (χ2v) is 9.26. The lowest BCUT2D eigenvalue weighted by molar-refractivity contribution is -0.151. The molecule has 0 saturated heterocycles. The van der Waals surface area contributed by atoms with E-state index < -0.39 is 34.5 Å². The first-order valence-corrected chi connectivity index (χ1v) is 11.6. The fraction of sp³-hybridized carbons (Fsp3) is 0.143. The third-order valence-corrected chi connectivity index (χ3v) is 6.74. The lowest BCUT2D eigenvalue weighted by atomic mass is 10.2. The Morgan fingerprint density at radius 1 is 0.968 bits per heavy atom. The highest BCUT2D eigenvalue weighted by Gasteiger charge is 2.21. The zero-order chi connectivity index (χ0) is 22.3. The molecule has 0 fully saturated rings. The summed E-state index contributed by atoms with van der Waals surface area (Å²) in [6.07, 6.45) is -1.11. The predicted octanol–water partition coefficient (Wildman–Crippen LogP) is 3.39. The first-order chi connectivity index (χ1) is 14.8. The van der Waals surface area contributed by atoms with Crippen molar-refractivity contribution in [2.45, 2.75) is 17.2 Å². The molecule has 3 rings (SSSR count). The van der Waals surface area contributed by atoms with Gasteiger partial charge < -0.3 is 14.8 Å². The Morgan fingerprint density at radius 2 is 1.65 bits per heavy atom. The number of hydrogen-bond donors (Lipinski definition) is 2. The minimum Gasteiger partial charge on any atom is -0.457 e. The molecule has 0 spiro atoms. The second-order valence-electron chi connectivity index (χ2n) is 6.32. The van der Waals surface area contributed by atoms with E-state index >= 15 is 0 Å². The van der Waals surface area contributed by atoms with Gasteiger partial charge in [0.25, 0.3) is 15.9 Å². The molecule has 3 aromatic rings. The third kappa shape index (κ3) is 6.64. The minimum absolute atomic E-state index is 0.0887. The van der Waals surface area contributed by atoms with Crippen molar-refractivity contribution in [1.82, 2.24) is 4.72 Å². The van der Waals surface area contributed by atoms with E-state index in [1.54, 1.807) is 35.7 Å². The van der Waals surface area contributed by atoms with Crippen molar-refractivity contribution in [2.24, 2.45) is 0 Å². The number of amides is 1. The number of hydrogen-bond acceptors (Lipinski definition) is 7. The molecule has 1 aromatic heterocycles. The topological polar surface area (TPSA) is 111 Å². The summed E-state index contributed by atoms with van der Waals surface area (Å²) in [6.45, 7) is 0.817. The Balaban J connectivity index is 1.47. The van der Waals surface area contributed by atoms with Crippen molar-refractivity contribution in [3.63, 3.8) is 0 Å². The molecule has 0 aliphatic carbocycles. The van der Waals surface area contributed by atoms with Crippen LogP contribution in [0.15, 0.2) is 76.3 Å². The fourth-order valence-electron chi connectivity index (χ4n) is 2.41. The molecule has 1 atom stereocenters. The van der Waals surface area contributed by atoms with Gasteiger partial charge in [-0.1, -0.05) is 24.3 Å². The molecule has 162 valence electrons. The molecule has 1 amide bonds. The number of rotatable bonds is 9. The van der Waals surface area contributed by atoms with Crippen LogP contribution in [0.4, 0.5) is 5.69 Å². The molecular weight excluding hydrogens is 440 g/mol. The molecule has 0 saturated carbocycles. The van der Waals surface area contributed by atoms with Gasteiger partial charge in [0.1, 0.15) is 22.3 Å². The number of para-hydroxylation sites is 1. The lowest BCUT2D eigenvalue weighted by Crippen LogP contribution is -2.35. The van der Waals surface area contributed by atoms with Crippen LogP contribution in [0, 0.1) is 0 Å². The molecular formula is C21H20N2O6S2. The largest absolute Gasteiger partial charge is 0.457 e. The van der Waals surface area contributed by atoms with E-state index in [4.69, 9.17) is 9.47 Å². The van der Waals surface area contributed by atoms with Crippen molar-refractivity contribution in [3.05, 3.63) is 72.1 Å². The zero-order valence-corrected chi connectivity index (χ0v) is 18.1. The molecule has 1 heterocycles. The summed E-state index contributed by atoms with van der Waals surface area (Å²) in [7, 11) is -3.79. The molecule has 10 heteroatoms. The molecule has 0 aliphatic rings. The smallest absolute Gasteiger partial charge is 0.321 e. The summed E-state index contributed by atoms with van der Waals surface area (Å²) in [5, 5.41) is 4.23. The summed E-state index contributed by atoms with van der Waals surface area (Å²) in [6, 6.07) is 19.0. The highest BCUT2D eigenvalue weighted by Crippen LogP contribution is 2.22. The maximum Gasteiger partial charge on any atom is 0.321 e. The first-order valence-electron chi connectivity index (χ1n) is 9.20. The third-order valence-electron chi connectivity index (χ3n) is 3.94. The first kappa shape index (κ1) is 22.5. The van der Waals surface area contributed by atoms with Gasteiger partial charge in [-0.3, -0.25) is 9.59 Å². The molecule has 0 radical (unpaired) electrons. The van der Waals surface area contributed by atoms with E-state index in [1.807, 2.05) is 30.3 Å². The van der Waals surface area contributed by atoms with Gasteiger partial charge in [-0.05, 0) is 54.8 Å². The molecule has 8 nitrogen and oxygen atoms in total. The molecule has 2 aromatic carbocycles. The van der Waals surface area contributed by atoms with Crippen LogP contribution in [0.3, 0.4) is 0 Å². The zero-order valence-electron chi connectivity index (χ0n) is 16.5. The average Bonchev–Trinajstić information content (AvgIpc) is 3.30. The quantitative estimate of drug-likeness (QED) is 0.474. The summed E-state index contributed by atoms with van der Waals surface area (Å²) < 4.78 is 36.9. The van der Waals surface area contributed by atoms with E-state index in [9.17, 15) is 18.0 Å². The number of thiophene rings is 1. The summed E-state index contributed by atoms with van der Waals surface area (Å²) in [5.74, 6) is -0.128. The summed E-state index contributed by atoms with van der Waals surface area (Å²) >= 11 is 1.03. The van der Waals surface area contributed by atoms with Gasteiger partial charge in [-0.2, -0.15) is 4.72 Å². The van der Waals surface area contributed by atoms with Crippen LogP contribution >= 0.6 is 11.3 Å². The Labute approximate surface area is 183 Å². The number of carbonyl (C=O) groups is 2. The van der Waals surface area contributed by atoms with Gasteiger partial charge in [0, 0.05) is 5.69 Å². The number of nitrogens with one attached hydrogen (secondary N) is 2. The van der Waals surface area contributed by atoms with Gasteiger partial charge in [0.2, 0.25) is 0 Å². The Kier molecular flexibility index (Phi) is 7.40. The van der Waals surface area contributed by atoms with Crippen molar-refractivity contribution in [3.8, 4) is 11.5 Å². The maximum atomic E-state index is 12.3. The van der Waals surface area contributed by atoms with Crippen LogP contribution < -0.4 is 14.8 Å². The van der Waals surface area contributed by atoms with Gasteiger partial charge in [0.15, 0.2) is 6.10 Å². The van der Waals surface area contributed by atoms with Crippen LogP contribution in [0.1, 0.15) is 6.92 Å². The maximum absolute atomic E-state index is 12.3. The van der Waals surface area contributed by atoms with Gasteiger partial charge in [-0.25, -0.2) is 8.42 Å². The van der Waals surface area contributed by atoms with Gasteiger partial charge >= 0.3 is 5.97 Å². The SMILES string of the molecule is C[C@H](OC(=O)CNS(=O)(=O)c1cccs1)C(=O)Nc1ccc(Oc2ccccc2)cc1. The molecule has 31 heavy (non-hydrogen) atoms. The lowest BCUT2D eigenvalue weighted by Gasteiger charge is -2.14. The number of benzene rings is 2. The predicted molar refractivity (Wildman–Crippen MR) is 117 cm³/mol. The standard InChI is InChI=1S/C21H20N2O6S2/c1-15(28-19(24)14-22-31(26,27)20-8-5-13-30-20)21(25)23-16-9-11-18(12-10-16)29-17-6-3-2-4-7-17/h2-13,15,22H,14H2,1H3,(H,23,25)/t15-/m0/s1. The van der Waals surface area contributed by atoms with E-state index in [1.165, 1.54) is 13.0 Å². The van der Waals surface area contributed by atoms with Crippen LogP contribution in [-0.4, -0.2) is 32.9 Å². The van der Waals surface area contributed by atoms with Crippen molar-refractivity contribution in [1.29, 1.82) is 0 Å². The van der Waals surface area contributed by atoms with Crippen LogP contribution in [0.5, 0.6) is 11.5 Å².